The molecule has 136 valence electrons. The number of carbonyl (C=O) groups is 2. The monoisotopic (exact) mass is 357 g/mol. The number of esters is 1. The molecule has 1 aliphatic carbocycles. The molecule has 1 unspecified atom stereocenters. The minimum atomic E-state index is -0.729. The van der Waals surface area contributed by atoms with Crippen molar-refractivity contribution < 1.29 is 23.5 Å². The lowest BCUT2D eigenvalue weighted by molar-refractivity contribution is -0.150. The Kier molecular flexibility index (Phi) is 5.84. The molecule has 0 saturated heterocycles. The van der Waals surface area contributed by atoms with Crippen LogP contribution in [0.15, 0.2) is 48.5 Å². The molecule has 6 heteroatoms. The Morgan fingerprint density at radius 1 is 1.08 bits per heavy atom. The third kappa shape index (κ3) is 4.59. The topological polar surface area (TPSA) is 64.6 Å². The molecule has 0 heterocycles. The summed E-state index contributed by atoms with van der Waals surface area (Å²) in [6, 6.07) is 13.7. The number of ether oxygens (including phenoxy) is 2. The fourth-order valence-corrected chi connectivity index (χ4v) is 3.03. The van der Waals surface area contributed by atoms with E-state index in [0.29, 0.717) is 0 Å². The molecule has 2 aromatic rings. The molecule has 0 fully saturated rings. The Morgan fingerprint density at radius 3 is 2.69 bits per heavy atom. The van der Waals surface area contributed by atoms with Crippen molar-refractivity contribution in [3.63, 3.8) is 0 Å². The summed E-state index contributed by atoms with van der Waals surface area (Å²) >= 11 is 0. The van der Waals surface area contributed by atoms with E-state index in [-0.39, 0.29) is 17.7 Å². The summed E-state index contributed by atoms with van der Waals surface area (Å²) in [4.78, 5) is 23.7. The third-order valence-corrected chi connectivity index (χ3v) is 4.25. The highest BCUT2D eigenvalue weighted by atomic mass is 19.1. The number of rotatable bonds is 6. The van der Waals surface area contributed by atoms with Crippen LogP contribution in [-0.4, -0.2) is 25.1 Å². The van der Waals surface area contributed by atoms with E-state index in [1.807, 2.05) is 18.2 Å². The Bertz CT molecular complexity index is 793. The summed E-state index contributed by atoms with van der Waals surface area (Å²) in [6.07, 6.45) is 2.86. The van der Waals surface area contributed by atoms with Gasteiger partial charge in [-0.2, -0.15) is 0 Å². The summed E-state index contributed by atoms with van der Waals surface area (Å²) in [5, 5.41) is 2.90. The van der Waals surface area contributed by atoms with Gasteiger partial charge >= 0.3 is 5.97 Å². The van der Waals surface area contributed by atoms with Gasteiger partial charge in [-0.25, -0.2) is 9.18 Å². The van der Waals surface area contributed by atoms with Crippen LogP contribution in [0, 0.1) is 5.82 Å². The van der Waals surface area contributed by atoms with E-state index in [0.717, 1.165) is 24.8 Å². The molecule has 1 aliphatic rings. The molecule has 0 aromatic heterocycles. The highest BCUT2D eigenvalue weighted by molar-refractivity contribution is 5.81. The molecule has 0 spiro atoms. The second kappa shape index (κ2) is 8.47. The van der Waals surface area contributed by atoms with Gasteiger partial charge in [0.15, 0.2) is 24.8 Å². The van der Waals surface area contributed by atoms with Crippen LogP contribution in [0.5, 0.6) is 5.75 Å². The minimum Gasteiger partial charge on any atom is -0.479 e. The number of para-hydroxylation sites is 1. The van der Waals surface area contributed by atoms with Crippen molar-refractivity contribution in [1.29, 1.82) is 0 Å². The quantitative estimate of drug-likeness (QED) is 0.808. The number of halogens is 1. The van der Waals surface area contributed by atoms with Crippen molar-refractivity contribution in [2.45, 2.75) is 25.3 Å². The van der Waals surface area contributed by atoms with Crippen LogP contribution >= 0.6 is 0 Å². The van der Waals surface area contributed by atoms with Crippen molar-refractivity contribution in [2.75, 3.05) is 13.2 Å². The summed E-state index contributed by atoms with van der Waals surface area (Å²) in [5.74, 6) is -1.69. The van der Waals surface area contributed by atoms with Gasteiger partial charge in [-0.3, -0.25) is 4.79 Å². The van der Waals surface area contributed by atoms with Crippen LogP contribution in [0.3, 0.4) is 0 Å². The van der Waals surface area contributed by atoms with E-state index in [1.165, 1.54) is 23.8 Å². The molecule has 1 atom stereocenters. The molecule has 0 bridgehead atoms. The molecule has 3 rings (SSSR count). The smallest absolute Gasteiger partial charge is 0.344 e. The molecule has 0 radical (unpaired) electrons. The molecule has 0 aliphatic heterocycles. The van der Waals surface area contributed by atoms with Crippen LogP contribution < -0.4 is 10.1 Å². The van der Waals surface area contributed by atoms with E-state index >= 15 is 0 Å². The Morgan fingerprint density at radius 2 is 1.85 bits per heavy atom. The van der Waals surface area contributed by atoms with Gasteiger partial charge in [0.2, 0.25) is 0 Å². The molecular formula is C20H20FNO4. The summed E-state index contributed by atoms with van der Waals surface area (Å²) < 4.78 is 23.3. The number of aryl methyl sites for hydroxylation is 1. The molecule has 5 nitrogen and oxygen atoms in total. The first-order valence-corrected chi connectivity index (χ1v) is 8.53. The van der Waals surface area contributed by atoms with Crippen molar-refractivity contribution in [1.82, 2.24) is 5.32 Å². The highest BCUT2D eigenvalue weighted by Crippen LogP contribution is 2.29. The molecular weight excluding hydrogens is 337 g/mol. The zero-order valence-corrected chi connectivity index (χ0v) is 14.2. The molecule has 26 heavy (non-hydrogen) atoms. The van der Waals surface area contributed by atoms with Crippen LogP contribution in [0.1, 0.15) is 30.0 Å². The predicted molar refractivity (Wildman–Crippen MR) is 93.1 cm³/mol. The van der Waals surface area contributed by atoms with E-state index in [1.54, 1.807) is 6.07 Å². The average molecular weight is 357 g/mol. The number of amides is 1. The summed E-state index contributed by atoms with van der Waals surface area (Å²) in [7, 11) is 0. The van der Waals surface area contributed by atoms with Gasteiger partial charge in [0, 0.05) is 0 Å². The number of hydrogen-bond acceptors (Lipinski definition) is 4. The third-order valence-electron chi connectivity index (χ3n) is 4.25. The number of nitrogens with one attached hydrogen (secondary N) is 1. The Balaban J connectivity index is 1.44. The van der Waals surface area contributed by atoms with Crippen LogP contribution in [0.4, 0.5) is 4.39 Å². The first kappa shape index (κ1) is 17.9. The van der Waals surface area contributed by atoms with Gasteiger partial charge in [-0.05, 0) is 42.5 Å². The fraction of sp³-hybridized carbons (Fsp3) is 0.300. The highest BCUT2D eigenvalue weighted by Gasteiger charge is 2.21. The first-order valence-electron chi connectivity index (χ1n) is 8.53. The van der Waals surface area contributed by atoms with E-state index in [9.17, 15) is 14.0 Å². The number of benzene rings is 2. The van der Waals surface area contributed by atoms with Gasteiger partial charge in [0.25, 0.3) is 5.91 Å². The Labute approximate surface area is 151 Å². The predicted octanol–water partition coefficient (Wildman–Crippen LogP) is 2.94. The normalized spacial score (nSPS) is 15.7. The summed E-state index contributed by atoms with van der Waals surface area (Å²) in [6.45, 7) is -0.849. The molecule has 1 amide bonds. The van der Waals surface area contributed by atoms with Crippen LogP contribution in [0.25, 0.3) is 0 Å². The lowest BCUT2D eigenvalue weighted by Crippen LogP contribution is -2.34. The fourth-order valence-electron chi connectivity index (χ4n) is 3.03. The molecule has 2 aromatic carbocycles. The zero-order chi connectivity index (χ0) is 18.4. The van der Waals surface area contributed by atoms with Crippen LogP contribution in [-0.2, 0) is 20.7 Å². The average Bonchev–Trinajstić information content (AvgIpc) is 2.66. The standard InChI is InChI=1S/C20H20FNO4/c21-16-9-3-4-11-18(16)25-13-20(24)26-12-19(23)22-17-10-5-7-14-6-1-2-8-15(14)17/h1-4,6,8-9,11,17H,5,7,10,12-13H2,(H,22,23). The first-order chi connectivity index (χ1) is 12.6. The minimum absolute atomic E-state index is 0.0345. The molecule has 0 saturated carbocycles. The molecule has 1 N–H and O–H groups in total. The van der Waals surface area contributed by atoms with Gasteiger partial charge in [-0.15, -0.1) is 0 Å². The number of hydrogen-bond donors (Lipinski definition) is 1. The lowest BCUT2D eigenvalue weighted by Gasteiger charge is -2.26. The van der Waals surface area contributed by atoms with E-state index in [4.69, 9.17) is 9.47 Å². The van der Waals surface area contributed by atoms with Crippen molar-refractivity contribution in [3.05, 3.63) is 65.5 Å². The number of carbonyl (C=O) groups excluding carboxylic acids is 2. The maximum absolute atomic E-state index is 13.4. The van der Waals surface area contributed by atoms with Crippen molar-refractivity contribution in [3.8, 4) is 5.75 Å². The Hall–Kier alpha value is -2.89. The van der Waals surface area contributed by atoms with E-state index in [2.05, 4.69) is 11.4 Å². The van der Waals surface area contributed by atoms with Crippen LogP contribution in [0.2, 0.25) is 0 Å². The van der Waals surface area contributed by atoms with Gasteiger partial charge in [0.05, 0.1) is 6.04 Å². The second-order valence-electron chi connectivity index (χ2n) is 6.09. The zero-order valence-electron chi connectivity index (χ0n) is 14.2. The van der Waals surface area contributed by atoms with Crippen molar-refractivity contribution in [2.24, 2.45) is 0 Å². The van der Waals surface area contributed by atoms with E-state index < -0.39 is 25.0 Å². The SMILES string of the molecule is O=C(COC(=O)COc1ccccc1F)NC1CCCc2ccccc21. The second-order valence-corrected chi connectivity index (χ2v) is 6.09. The largest absolute Gasteiger partial charge is 0.479 e. The van der Waals surface area contributed by atoms with Crippen molar-refractivity contribution >= 4 is 11.9 Å². The lowest BCUT2D eigenvalue weighted by atomic mass is 9.88. The van der Waals surface area contributed by atoms with Gasteiger partial charge in [0.1, 0.15) is 0 Å². The number of fused-ring (bicyclic) bond motifs is 1. The maximum Gasteiger partial charge on any atom is 0.344 e. The summed E-state index contributed by atoms with van der Waals surface area (Å²) in [5.41, 5.74) is 2.35. The van der Waals surface area contributed by atoms with Gasteiger partial charge < -0.3 is 14.8 Å². The maximum atomic E-state index is 13.4. The van der Waals surface area contributed by atoms with Gasteiger partial charge in [-0.1, -0.05) is 36.4 Å².